The van der Waals surface area contributed by atoms with Crippen LogP contribution in [0.15, 0.2) is 18.3 Å². The monoisotopic (exact) mass is 288 g/mol. The van der Waals surface area contributed by atoms with E-state index < -0.39 is 0 Å². The van der Waals surface area contributed by atoms with E-state index in [9.17, 15) is 4.79 Å². The fourth-order valence-corrected chi connectivity index (χ4v) is 2.12. The number of benzene rings is 1. The van der Waals surface area contributed by atoms with Crippen LogP contribution in [0.25, 0.3) is 0 Å². The first kappa shape index (κ1) is 13.3. The zero-order chi connectivity index (χ0) is 15.0. The number of nitrogens with two attached hydrogens (primary N) is 1. The molecule has 0 unspecified atom stereocenters. The van der Waals surface area contributed by atoms with Crippen LogP contribution < -0.4 is 20.5 Å². The van der Waals surface area contributed by atoms with Gasteiger partial charge in [-0.3, -0.25) is 9.48 Å². The average molecular weight is 288 g/mol. The van der Waals surface area contributed by atoms with Gasteiger partial charge in [0, 0.05) is 24.9 Å². The standard InChI is InChI=1S/C14H16N4O3/c1-8-9(7-16-18(8)2)14(19)17-11-6-13-12(5-10(11)15)20-3-4-21-13/h5-7H,3-4,15H2,1-2H3,(H,17,19). The second kappa shape index (κ2) is 5.01. The number of nitrogen functional groups attached to an aromatic ring is 1. The Bertz CT molecular complexity index is 708. The number of amides is 1. The maximum atomic E-state index is 12.3. The van der Waals surface area contributed by atoms with Crippen molar-refractivity contribution in [2.45, 2.75) is 6.92 Å². The fraction of sp³-hybridized carbons (Fsp3) is 0.286. The van der Waals surface area contributed by atoms with Gasteiger partial charge in [-0.2, -0.15) is 5.10 Å². The van der Waals surface area contributed by atoms with Gasteiger partial charge in [-0.15, -0.1) is 0 Å². The summed E-state index contributed by atoms with van der Waals surface area (Å²) in [6.45, 7) is 2.80. The Balaban J connectivity index is 1.88. The summed E-state index contributed by atoms with van der Waals surface area (Å²) in [5.74, 6) is 0.909. The lowest BCUT2D eigenvalue weighted by molar-refractivity contribution is 0.102. The Morgan fingerprint density at radius 2 is 2.00 bits per heavy atom. The zero-order valence-electron chi connectivity index (χ0n) is 11.8. The number of carbonyl (C=O) groups excluding carboxylic acids is 1. The molecule has 7 heteroatoms. The predicted octanol–water partition coefficient (Wildman–Crippen LogP) is 1.33. The molecule has 3 rings (SSSR count). The largest absolute Gasteiger partial charge is 0.486 e. The van der Waals surface area contributed by atoms with Gasteiger partial charge in [-0.1, -0.05) is 0 Å². The Kier molecular flexibility index (Phi) is 3.17. The molecule has 3 N–H and O–H groups in total. The molecule has 0 saturated heterocycles. The van der Waals surface area contributed by atoms with Gasteiger partial charge < -0.3 is 20.5 Å². The summed E-state index contributed by atoms with van der Waals surface area (Å²) in [5.41, 5.74) is 8.15. The molecule has 1 aliphatic rings. The molecule has 0 atom stereocenters. The quantitative estimate of drug-likeness (QED) is 0.814. The lowest BCUT2D eigenvalue weighted by Crippen LogP contribution is -2.18. The summed E-state index contributed by atoms with van der Waals surface area (Å²) >= 11 is 0. The molecule has 0 radical (unpaired) electrons. The van der Waals surface area contributed by atoms with Crippen LogP contribution in [0.1, 0.15) is 16.1 Å². The molecule has 2 aromatic rings. The minimum absolute atomic E-state index is 0.260. The highest BCUT2D eigenvalue weighted by molar-refractivity contribution is 6.06. The molecular weight excluding hydrogens is 272 g/mol. The molecule has 0 spiro atoms. The number of rotatable bonds is 2. The predicted molar refractivity (Wildman–Crippen MR) is 77.7 cm³/mol. The van der Waals surface area contributed by atoms with E-state index in [1.54, 1.807) is 23.9 Å². The van der Waals surface area contributed by atoms with Gasteiger partial charge in [0.05, 0.1) is 23.1 Å². The fourth-order valence-electron chi connectivity index (χ4n) is 2.12. The average Bonchev–Trinajstić information content (AvgIpc) is 2.80. The van der Waals surface area contributed by atoms with E-state index in [4.69, 9.17) is 15.2 Å². The number of carbonyl (C=O) groups is 1. The smallest absolute Gasteiger partial charge is 0.259 e. The van der Waals surface area contributed by atoms with Crippen molar-refractivity contribution in [3.8, 4) is 11.5 Å². The Hall–Kier alpha value is -2.70. The minimum atomic E-state index is -0.260. The van der Waals surface area contributed by atoms with E-state index in [-0.39, 0.29) is 5.91 Å². The molecule has 0 bridgehead atoms. The molecule has 0 fully saturated rings. The number of anilines is 2. The second-order valence-electron chi connectivity index (χ2n) is 4.80. The zero-order valence-corrected chi connectivity index (χ0v) is 11.8. The number of hydrogen-bond acceptors (Lipinski definition) is 5. The van der Waals surface area contributed by atoms with Crippen LogP contribution in [0.2, 0.25) is 0 Å². The maximum absolute atomic E-state index is 12.3. The Labute approximate surface area is 121 Å². The number of fused-ring (bicyclic) bond motifs is 1. The highest BCUT2D eigenvalue weighted by Crippen LogP contribution is 2.37. The van der Waals surface area contributed by atoms with E-state index in [0.717, 1.165) is 5.69 Å². The SMILES string of the molecule is Cc1c(C(=O)Nc2cc3c(cc2N)OCCO3)cnn1C. The molecule has 2 heterocycles. The van der Waals surface area contributed by atoms with Crippen LogP contribution in [0, 0.1) is 6.92 Å². The van der Waals surface area contributed by atoms with Crippen LogP contribution in [-0.2, 0) is 7.05 Å². The summed E-state index contributed by atoms with van der Waals surface area (Å²) in [7, 11) is 1.78. The maximum Gasteiger partial charge on any atom is 0.259 e. The van der Waals surface area contributed by atoms with Crippen molar-refractivity contribution >= 4 is 17.3 Å². The van der Waals surface area contributed by atoms with Gasteiger partial charge in [0.15, 0.2) is 11.5 Å². The summed E-state index contributed by atoms with van der Waals surface area (Å²) in [5, 5.41) is 6.83. The van der Waals surface area contributed by atoms with Crippen molar-refractivity contribution in [3.05, 3.63) is 29.6 Å². The number of ether oxygens (including phenoxy) is 2. The van der Waals surface area contributed by atoms with Gasteiger partial charge in [0.1, 0.15) is 13.2 Å². The van der Waals surface area contributed by atoms with E-state index in [2.05, 4.69) is 10.4 Å². The van der Waals surface area contributed by atoms with E-state index in [0.29, 0.717) is 41.7 Å². The van der Waals surface area contributed by atoms with Crippen LogP contribution in [0.4, 0.5) is 11.4 Å². The number of aromatic nitrogens is 2. The number of hydrogen-bond donors (Lipinski definition) is 2. The second-order valence-corrected chi connectivity index (χ2v) is 4.80. The molecular formula is C14H16N4O3. The van der Waals surface area contributed by atoms with Crippen molar-refractivity contribution in [3.63, 3.8) is 0 Å². The number of nitrogens with one attached hydrogen (secondary N) is 1. The Morgan fingerprint density at radius 3 is 2.62 bits per heavy atom. The lowest BCUT2D eigenvalue weighted by atomic mass is 10.2. The van der Waals surface area contributed by atoms with Crippen LogP contribution in [0.5, 0.6) is 11.5 Å². The summed E-state index contributed by atoms with van der Waals surface area (Å²) < 4.78 is 12.6. The van der Waals surface area contributed by atoms with Crippen LogP contribution >= 0.6 is 0 Å². The summed E-state index contributed by atoms with van der Waals surface area (Å²) in [6.07, 6.45) is 1.53. The molecule has 0 aliphatic carbocycles. The molecule has 1 aliphatic heterocycles. The van der Waals surface area contributed by atoms with E-state index >= 15 is 0 Å². The van der Waals surface area contributed by atoms with Crippen molar-refractivity contribution in [1.82, 2.24) is 9.78 Å². The first-order chi connectivity index (χ1) is 10.1. The first-order valence-electron chi connectivity index (χ1n) is 6.55. The lowest BCUT2D eigenvalue weighted by Gasteiger charge is -2.20. The van der Waals surface area contributed by atoms with Crippen LogP contribution in [0.3, 0.4) is 0 Å². The highest BCUT2D eigenvalue weighted by atomic mass is 16.6. The minimum Gasteiger partial charge on any atom is -0.486 e. The normalized spacial score (nSPS) is 13.0. The van der Waals surface area contributed by atoms with Crippen molar-refractivity contribution in [2.75, 3.05) is 24.3 Å². The molecule has 110 valence electrons. The number of aryl methyl sites for hydroxylation is 1. The van der Waals surface area contributed by atoms with Crippen LogP contribution in [-0.4, -0.2) is 28.9 Å². The third-order valence-electron chi connectivity index (χ3n) is 3.44. The van der Waals surface area contributed by atoms with Crippen molar-refractivity contribution in [1.29, 1.82) is 0 Å². The molecule has 1 amide bonds. The van der Waals surface area contributed by atoms with Gasteiger partial charge in [0.25, 0.3) is 5.91 Å². The third kappa shape index (κ3) is 2.37. The highest BCUT2D eigenvalue weighted by Gasteiger charge is 2.18. The third-order valence-corrected chi connectivity index (χ3v) is 3.44. The first-order valence-corrected chi connectivity index (χ1v) is 6.55. The van der Waals surface area contributed by atoms with Gasteiger partial charge in [-0.25, -0.2) is 0 Å². The molecule has 0 saturated carbocycles. The summed E-state index contributed by atoms with van der Waals surface area (Å²) in [4.78, 5) is 12.3. The van der Waals surface area contributed by atoms with Gasteiger partial charge in [-0.05, 0) is 6.92 Å². The van der Waals surface area contributed by atoms with E-state index in [1.807, 2.05) is 6.92 Å². The Morgan fingerprint density at radius 1 is 1.33 bits per heavy atom. The molecule has 1 aromatic heterocycles. The van der Waals surface area contributed by atoms with E-state index in [1.165, 1.54) is 6.20 Å². The number of nitrogens with zero attached hydrogens (tertiary/aromatic N) is 2. The molecule has 1 aromatic carbocycles. The van der Waals surface area contributed by atoms with Crippen molar-refractivity contribution < 1.29 is 14.3 Å². The van der Waals surface area contributed by atoms with Gasteiger partial charge >= 0.3 is 0 Å². The molecule has 21 heavy (non-hydrogen) atoms. The van der Waals surface area contributed by atoms with Crippen molar-refractivity contribution in [2.24, 2.45) is 7.05 Å². The summed E-state index contributed by atoms with van der Waals surface area (Å²) in [6, 6.07) is 3.33. The van der Waals surface area contributed by atoms with Gasteiger partial charge in [0.2, 0.25) is 0 Å². The topological polar surface area (TPSA) is 91.4 Å². The molecule has 7 nitrogen and oxygen atoms in total.